The molecule has 3 heterocycles. The summed E-state index contributed by atoms with van der Waals surface area (Å²) in [6, 6.07) is 17.4. The normalized spacial score (nSPS) is 15.0. The number of hydrogen-bond acceptors (Lipinski definition) is 6. The number of furan rings is 1. The molecule has 2 aromatic carbocycles. The third-order valence-electron chi connectivity index (χ3n) is 4.79. The molecule has 5 rings (SSSR count). The van der Waals surface area contributed by atoms with E-state index < -0.39 is 0 Å². The third kappa shape index (κ3) is 3.51. The molecule has 1 aliphatic heterocycles. The highest BCUT2D eigenvalue weighted by Crippen LogP contribution is 2.27. The number of hydrogen-bond donors (Lipinski definition) is 1. The molecule has 148 valence electrons. The molecule has 1 fully saturated rings. The van der Waals surface area contributed by atoms with Gasteiger partial charge in [-0.2, -0.15) is 0 Å². The predicted octanol–water partition coefficient (Wildman–Crippen LogP) is 4.76. The number of carbonyl (C=O) groups excluding carboxylic acids is 1. The van der Waals surface area contributed by atoms with E-state index in [2.05, 4.69) is 10.3 Å². The number of nitrogens with one attached hydrogen (secondary N) is 1. The minimum absolute atomic E-state index is 0.0655. The number of ether oxygens (including phenoxy) is 1. The van der Waals surface area contributed by atoms with E-state index in [1.165, 1.54) is 0 Å². The van der Waals surface area contributed by atoms with Crippen LogP contribution in [0.15, 0.2) is 69.2 Å². The largest absolute Gasteiger partial charge is 0.461 e. The SMILES string of the molecule is Cc1oc(-c2ccccc2)nc1Cc1cc2cc(C=C3OC(=S)NC3=O)ccc2o1. The number of carbonyl (C=O) groups is 1. The smallest absolute Gasteiger partial charge is 0.294 e. The maximum absolute atomic E-state index is 11.8. The Hall–Kier alpha value is -3.71. The van der Waals surface area contributed by atoms with Crippen LogP contribution in [0.4, 0.5) is 0 Å². The van der Waals surface area contributed by atoms with E-state index >= 15 is 0 Å². The molecule has 0 spiro atoms. The van der Waals surface area contributed by atoms with Gasteiger partial charge in [0.15, 0.2) is 5.76 Å². The van der Waals surface area contributed by atoms with Gasteiger partial charge in [0.2, 0.25) is 5.89 Å². The number of rotatable bonds is 4. The fourth-order valence-corrected chi connectivity index (χ4v) is 3.51. The molecular weight excluding hydrogens is 400 g/mol. The maximum Gasteiger partial charge on any atom is 0.294 e. The summed E-state index contributed by atoms with van der Waals surface area (Å²) in [5, 5.41) is 3.43. The molecule has 2 aromatic heterocycles. The lowest BCUT2D eigenvalue weighted by molar-refractivity contribution is -0.116. The van der Waals surface area contributed by atoms with Crippen molar-refractivity contribution in [1.82, 2.24) is 10.3 Å². The molecule has 1 N–H and O–H groups in total. The van der Waals surface area contributed by atoms with Gasteiger partial charge in [0.1, 0.15) is 17.1 Å². The van der Waals surface area contributed by atoms with Crippen LogP contribution in [0.1, 0.15) is 22.8 Å². The van der Waals surface area contributed by atoms with E-state index in [1.807, 2.05) is 61.5 Å². The quantitative estimate of drug-likeness (QED) is 0.382. The maximum atomic E-state index is 11.8. The molecular formula is C23H16N2O4S. The monoisotopic (exact) mass is 416 g/mol. The Morgan fingerprint density at radius 2 is 1.93 bits per heavy atom. The van der Waals surface area contributed by atoms with Crippen LogP contribution in [0, 0.1) is 6.92 Å². The van der Waals surface area contributed by atoms with Crippen LogP contribution < -0.4 is 5.32 Å². The molecule has 4 aromatic rings. The molecule has 30 heavy (non-hydrogen) atoms. The number of benzene rings is 2. The summed E-state index contributed by atoms with van der Waals surface area (Å²) in [5.41, 5.74) is 3.34. The number of aryl methyl sites for hydroxylation is 1. The Labute approximate surface area is 177 Å². The molecule has 0 saturated carbocycles. The first-order valence-electron chi connectivity index (χ1n) is 9.34. The van der Waals surface area contributed by atoms with Crippen molar-refractivity contribution in [3.05, 3.63) is 83.1 Å². The van der Waals surface area contributed by atoms with E-state index in [1.54, 1.807) is 6.08 Å². The van der Waals surface area contributed by atoms with Crippen molar-refractivity contribution in [3.63, 3.8) is 0 Å². The van der Waals surface area contributed by atoms with Crippen molar-refractivity contribution in [1.29, 1.82) is 0 Å². The fraction of sp³-hybridized carbons (Fsp3) is 0.0870. The number of nitrogens with zero attached hydrogens (tertiary/aromatic N) is 1. The van der Waals surface area contributed by atoms with Crippen LogP contribution in [0.25, 0.3) is 28.5 Å². The molecule has 0 unspecified atom stereocenters. The summed E-state index contributed by atoms with van der Waals surface area (Å²) in [6.07, 6.45) is 2.17. The van der Waals surface area contributed by atoms with Gasteiger partial charge in [0.25, 0.3) is 11.1 Å². The minimum Gasteiger partial charge on any atom is -0.461 e. The van der Waals surface area contributed by atoms with Crippen LogP contribution in [-0.4, -0.2) is 16.1 Å². The van der Waals surface area contributed by atoms with Gasteiger partial charge in [-0.15, -0.1) is 0 Å². The Bertz CT molecular complexity index is 1320. The van der Waals surface area contributed by atoms with E-state index in [0.717, 1.165) is 39.3 Å². The Balaban J connectivity index is 1.41. The summed E-state index contributed by atoms with van der Waals surface area (Å²) >= 11 is 4.85. The van der Waals surface area contributed by atoms with Crippen LogP contribution in [-0.2, 0) is 16.0 Å². The first-order valence-corrected chi connectivity index (χ1v) is 9.75. The molecule has 7 heteroatoms. The highest BCUT2D eigenvalue weighted by atomic mass is 32.1. The van der Waals surface area contributed by atoms with Crippen LogP contribution in [0.5, 0.6) is 0 Å². The number of oxazole rings is 1. The second-order valence-corrected chi connectivity index (χ2v) is 7.30. The number of amides is 1. The highest BCUT2D eigenvalue weighted by Gasteiger charge is 2.23. The topological polar surface area (TPSA) is 77.5 Å². The molecule has 1 amide bonds. The van der Waals surface area contributed by atoms with Gasteiger partial charge in [-0.3, -0.25) is 10.1 Å². The van der Waals surface area contributed by atoms with E-state index in [9.17, 15) is 4.79 Å². The summed E-state index contributed by atoms with van der Waals surface area (Å²) in [6.45, 7) is 1.90. The summed E-state index contributed by atoms with van der Waals surface area (Å²) < 4.78 is 17.0. The van der Waals surface area contributed by atoms with Gasteiger partial charge in [0.05, 0.1) is 12.1 Å². The lowest BCUT2D eigenvalue weighted by atomic mass is 10.1. The summed E-state index contributed by atoms with van der Waals surface area (Å²) in [4.78, 5) is 16.4. The Morgan fingerprint density at radius 3 is 2.70 bits per heavy atom. The van der Waals surface area contributed by atoms with E-state index in [-0.39, 0.29) is 16.8 Å². The fourth-order valence-electron chi connectivity index (χ4n) is 3.33. The number of fused-ring (bicyclic) bond motifs is 1. The van der Waals surface area contributed by atoms with Crippen molar-refractivity contribution in [3.8, 4) is 11.5 Å². The average Bonchev–Trinajstić information content (AvgIpc) is 3.39. The molecule has 0 radical (unpaired) electrons. The van der Waals surface area contributed by atoms with Crippen molar-refractivity contribution in [2.75, 3.05) is 0 Å². The molecule has 0 bridgehead atoms. The number of thiocarbonyl (C=S) groups is 1. The third-order valence-corrected chi connectivity index (χ3v) is 4.97. The molecule has 6 nitrogen and oxygen atoms in total. The van der Waals surface area contributed by atoms with Crippen molar-refractivity contribution < 1.29 is 18.4 Å². The van der Waals surface area contributed by atoms with Gasteiger partial charge in [-0.05, 0) is 61.1 Å². The first kappa shape index (κ1) is 18.3. The lowest BCUT2D eigenvalue weighted by Crippen LogP contribution is -2.18. The zero-order valence-corrected chi connectivity index (χ0v) is 16.8. The van der Waals surface area contributed by atoms with Crippen molar-refractivity contribution >= 4 is 40.3 Å². The second kappa shape index (κ2) is 7.27. The van der Waals surface area contributed by atoms with Crippen LogP contribution in [0.2, 0.25) is 0 Å². The Morgan fingerprint density at radius 1 is 1.10 bits per heavy atom. The number of aromatic nitrogens is 1. The van der Waals surface area contributed by atoms with E-state index in [0.29, 0.717) is 12.3 Å². The molecule has 0 atom stereocenters. The summed E-state index contributed by atoms with van der Waals surface area (Å²) in [7, 11) is 0. The lowest BCUT2D eigenvalue weighted by Gasteiger charge is -1.96. The average molecular weight is 416 g/mol. The van der Waals surface area contributed by atoms with Crippen molar-refractivity contribution in [2.24, 2.45) is 0 Å². The minimum atomic E-state index is -0.344. The first-order chi connectivity index (χ1) is 14.5. The van der Waals surface area contributed by atoms with Gasteiger partial charge in [-0.1, -0.05) is 24.3 Å². The molecule has 0 aliphatic carbocycles. The second-order valence-electron chi connectivity index (χ2n) is 6.93. The van der Waals surface area contributed by atoms with Gasteiger partial charge < -0.3 is 13.6 Å². The van der Waals surface area contributed by atoms with Crippen LogP contribution in [0.3, 0.4) is 0 Å². The molecule has 1 saturated heterocycles. The Kier molecular flexibility index (Phi) is 4.44. The van der Waals surface area contributed by atoms with E-state index in [4.69, 9.17) is 25.8 Å². The zero-order valence-electron chi connectivity index (χ0n) is 16.0. The molecule has 1 aliphatic rings. The van der Waals surface area contributed by atoms with Gasteiger partial charge in [0, 0.05) is 10.9 Å². The predicted molar refractivity (Wildman–Crippen MR) is 115 cm³/mol. The van der Waals surface area contributed by atoms with Crippen LogP contribution >= 0.6 is 12.2 Å². The van der Waals surface area contributed by atoms with Crippen molar-refractivity contribution in [2.45, 2.75) is 13.3 Å². The highest BCUT2D eigenvalue weighted by molar-refractivity contribution is 7.80. The summed E-state index contributed by atoms with van der Waals surface area (Å²) in [5.74, 6) is 1.97. The van der Waals surface area contributed by atoms with Gasteiger partial charge >= 0.3 is 0 Å². The zero-order chi connectivity index (χ0) is 20.7. The van der Waals surface area contributed by atoms with Gasteiger partial charge in [-0.25, -0.2) is 4.98 Å². The standard InChI is InChI=1S/C23H16N2O4S/c1-13-18(24-22(27-13)15-5-3-2-4-6-15)12-17-11-16-9-14(7-8-19(16)28-17)10-20-21(26)25-23(30)29-20/h2-11H,12H2,1H3,(H,25,26,30).